The van der Waals surface area contributed by atoms with Crippen molar-refractivity contribution in [3.05, 3.63) is 0 Å². The van der Waals surface area contributed by atoms with Crippen molar-refractivity contribution in [3.8, 4) is 0 Å². The van der Waals surface area contributed by atoms with E-state index in [1.54, 1.807) is 0 Å². The molecule has 0 unspecified atom stereocenters. The van der Waals surface area contributed by atoms with Gasteiger partial charge in [0, 0.05) is 24.7 Å². The molecule has 1 heterocycles. The SMILES string of the molecule is CC(C)(C)N1C[C@@H](F)C[C@H]1CN. The van der Waals surface area contributed by atoms with E-state index in [0.717, 1.165) is 0 Å². The average molecular weight is 174 g/mol. The van der Waals surface area contributed by atoms with Crippen LogP contribution in [0.1, 0.15) is 27.2 Å². The van der Waals surface area contributed by atoms with E-state index in [-0.39, 0.29) is 11.6 Å². The standard InChI is InChI=1S/C9H19FN2/c1-9(2,3)12-6-7(10)4-8(12)5-11/h7-8H,4-6,11H2,1-3H3/t7-,8-/m0/s1. The number of hydrogen-bond acceptors (Lipinski definition) is 2. The predicted molar refractivity (Wildman–Crippen MR) is 48.8 cm³/mol. The van der Waals surface area contributed by atoms with Crippen LogP contribution in [-0.4, -0.2) is 35.7 Å². The van der Waals surface area contributed by atoms with Crippen LogP contribution in [0.4, 0.5) is 4.39 Å². The first-order valence-corrected chi connectivity index (χ1v) is 4.56. The molecule has 0 radical (unpaired) electrons. The molecule has 1 fully saturated rings. The molecule has 1 aliphatic rings. The van der Waals surface area contributed by atoms with Gasteiger partial charge in [-0.2, -0.15) is 0 Å². The molecule has 0 aromatic heterocycles. The van der Waals surface area contributed by atoms with E-state index in [2.05, 4.69) is 25.7 Å². The molecule has 1 aliphatic heterocycles. The second kappa shape index (κ2) is 3.30. The summed E-state index contributed by atoms with van der Waals surface area (Å²) in [5, 5.41) is 0. The molecule has 0 aliphatic carbocycles. The molecule has 0 bridgehead atoms. The minimum absolute atomic E-state index is 0.0465. The molecule has 2 atom stereocenters. The Morgan fingerprint density at radius 1 is 1.50 bits per heavy atom. The number of likely N-dealkylation sites (tertiary alicyclic amines) is 1. The minimum atomic E-state index is -0.683. The van der Waals surface area contributed by atoms with E-state index in [4.69, 9.17) is 5.73 Å². The third-order valence-corrected chi connectivity index (χ3v) is 2.50. The van der Waals surface area contributed by atoms with Crippen LogP contribution in [0, 0.1) is 0 Å². The first-order valence-electron chi connectivity index (χ1n) is 4.56. The monoisotopic (exact) mass is 174 g/mol. The quantitative estimate of drug-likeness (QED) is 0.646. The van der Waals surface area contributed by atoms with Crippen LogP contribution in [0.5, 0.6) is 0 Å². The molecule has 1 saturated heterocycles. The lowest BCUT2D eigenvalue weighted by molar-refractivity contribution is 0.119. The Morgan fingerprint density at radius 2 is 2.08 bits per heavy atom. The summed E-state index contributed by atoms with van der Waals surface area (Å²) in [6.07, 6.45) is -0.0777. The van der Waals surface area contributed by atoms with Crippen molar-refractivity contribution in [2.75, 3.05) is 13.1 Å². The lowest BCUT2D eigenvalue weighted by atomic mass is 10.0. The largest absolute Gasteiger partial charge is 0.329 e. The number of rotatable bonds is 1. The molecule has 2 nitrogen and oxygen atoms in total. The maximum absolute atomic E-state index is 13.0. The lowest BCUT2D eigenvalue weighted by Gasteiger charge is -2.36. The van der Waals surface area contributed by atoms with Gasteiger partial charge >= 0.3 is 0 Å². The number of hydrogen-bond donors (Lipinski definition) is 1. The normalized spacial score (nSPS) is 32.8. The summed E-state index contributed by atoms with van der Waals surface area (Å²) < 4.78 is 13.0. The summed E-state index contributed by atoms with van der Waals surface area (Å²) in [7, 11) is 0. The van der Waals surface area contributed by atoms with Crippen LogP contribution >= 0.6 is 0 Å². The second-order valence-electron chi connectivity index (χ2n) is 4.55. The fourth-order valence-electron chi connectivity index (χ4n) is 1.90. The summed E-state index contributed by atoms with van der Waals surface area (Å²) in [6.45, 7) is 7.43. The van der Waals surface area contributed by atoms with E-state index in [0.29, 0.717) is 19.5 Å². The summed E-state index contributed by atoms with van der Waals surface area (Å²) in [4.78, 5) is 2.16. The van der Waals surface area contributed by atoms with Gasteiger partial charge in [0.25, 0.3) is 0 Å². The molecule has 0 spiro atoms. The van der Waals surface area contributed by atoms with Crippen LogP contribution in [0.2, 0.25) is 0 Å². The molecule has 0 amide bonds. The number of nitrogens with zero attached hydrogens (tertiary/aromatic N) is 1. The zero-order chi connectivity index (χ0) is 9.35. The Balaban J connectivity index is 2.64. The summed E-state index contributed by atoms with van der Waals surface area (Å²) in [5.74, 6) is 0. The van der Waals surface area contributed by atoms with Gasteiger partial charge in [-0.15, -0.1) is 0 Å². The van der Waals surface area contributed by atoms with E-state index in [9.17, 15) is 4.39 Å². The van der Waals surface area contributed by atoms with Crippen LogP contribution in [-0.2, 0) is 0 Å². The van der Waals surface area contributed by atoms with Crippen molar-refractivity contribution in [1.29, 1.82) is 0 Å². The van der Waals surface area contributed by atoms with Crippen LogP contribution < -0.4 is 5.73 Å². The molecule has 3 heteroatoms. The van der Waals surface area contributed by atoms with Gasteiger partial charge in [0.15, 0.2) is 0 Å². The van der Waals surface area contributed by atoms with Crippen LogP contribution in [0.15, 0.2) is 0 Å². The Morgan fingerprint density at radius 3 is 2.42 bits per heavy atom. The number of alkyl halides is 1. The molecule has 1 rings (SSSR count). The average Bonchev–Trinajstić information content (AvgIpc) is 2.29. The van der Waals surface area contributed by atoms with Gasteiger partial charge in [-0.05, 0) is 27.2 Å². The van der Waals surface area contributed by atoms with Gasteiger partial charge in [0.1, 0.15) is 6.17 Å². The molecule has 0 aromatic rings. The zero-order valence-corrected chi connectivity index (χ0v) is 8.18. The van der Waals surface area contributed by atoms with Gasteiger partial charge in [0.2, 0.25) is 0 Å². The van der Waals surface area contributed by atoms with Crippen molar-refractivity contribution < 1.29 is 4.39 Å². The molecular formula is C9H19FN2. The predicted octanol–water partition coefficient (Wildman–Crippen LogP) is 1.16. The highest BCUT2D eigenvalue weighted by molar-refractivity contribution is 4.92. The fraction of sp³-hybridized carbons (Fsp3) is 1.00. The molecule has 0 saturated carbocycles. The lowest BCUT2D eigenvalue weighted by Crippen LogP contribution is -2.47. The Bertz CT molecular complexity index is 153. The topological polar surface area (TPSA) is 29.3 Å². The summed E-state index contributed by atoms with van der Waals surface area (Å²) in [6, 6.07) is 0.236. The Labute approximate surface area is 73.9 Å². The van der Waals surface area contributed by atoms with Crippen molar-refractivity contribution >= 4 is 0 Å². The van der Waals surface area contributed by atoms with Gasteiger partial charge in [0.05, 0.1) is 0 Å². The number of nitrogens with two attached hydrogens (primary N) is 1. The van der Waals surface area contributed by atoms with E-state index < -0.39 is 6.17 Å². The minimum Gasteiger partial charge on any atom is -0.329 e. The second-order valence-corrected chi connectivity index (χ2v) is 4.55. The Hall–Kier alpha value is -0.150. The fourth-order valence-corrected chi connectivity index (χ4v) is 1.90. The summed E-state index contributed by atoms with van der Waals surface area (Å²) >= 11 is 0. The number of halogens is 1. The third kappa shape index (κ3) is 1.96. The van der Waals surface area contributed by atoms with Gasteiger partial charge in [-0.1, -0.05) is 0 Å². The van der Waals surface area contributed by atoms with Crippen LogP contribution in [0.3, 0.4) is 0 Å². The van der Waals surface area contributed by atoms with Crippen molar-refractivity contribution in [3.63, 3.8) is 0 Å². The molecule has 72 valence electrons. The van der Waals surface area contributed by atoms with E-state index >= 15 is 0 Å². The van der Waals surface area contributed by atoms with Gasteiger partial charge < -0.3 is 5.73 Å². The molecular weight excluding hydrogens is 155 g/mol. The maximum Gasteiger partial charge on any atom is 0.114 e. The van der Waals surface area contributed by atoms with Crippen LogP contribution in [0.25, 0.3) is 0 Å². The van der Waals surface area contributed by atoms with E-state index in [1.165, 1.54) is 0 Å². The van der Waals surface area contributed by atoms with Crippen molar-refractivity contribution in [2.45, 2.75) is 44.9 Å². The first kappa shape index (κ1) is 9.93. The van der Waals surface area contributed by atoms with E-state index in [1.807, 2.05) is 0 Å². The first-order chi connectivity index (χ1) is 5.45. The molecule has 2 N–H and O–H groups in total. The maximum atomic E-state index is 13.0. The smallest absolute Gasteiger partial charge is 0.114 e. The zero-order valence-electron chi connectivity index (χ0n) is 8.18. The highest BCUT2D eigenvalue weighted by Crippen LogP contribution is 2.27. The third-order valence-electron chi connectivity index (χ3n) is 2.50. The molecule has 12 heavy (non-hydrogen) atoms. The van der Waals surface area contributed by atoms with Gasteiger partial charge in [-0.3, -0.25) is 4.90 Å². The highest BCUT2D eigenvalue weighted by Gasteiger charge is 2.37. The van der Waals surface area contributed by atoms with Crippen molar-refractivity contribution in [2.24, 2.45) is 5.73 Å². The molecule has 0 aromatic carbocycles. The van der Waals surface area contributed by atoms with Gasteiger partial charge in [-0.25, -0.2) is 4.39 Å². The van der Waals surface area contributed by atoms with Crippen molar-refractivity contribution in [1.82, 2.24) is 4.90 Å². The Kier molecular flexibility index (Phi) is 2.74. The highest BCUT2D eigenvalue weighted by atomic mass is 19.1. The summed E-state index contributed by atoms with van der Waals surface area (Å²) in [5.41, 5.74) is 5.62.